The fourth-order valence-electron chi connectivity index (χ4n) is 1.62. The van der Waals surface area contributed by atoms with Gasteiger partial charge in [0.2, 0.25) is 5.91 Å². The maximum absolute atomic E-state index is 12.1. The Bertz CT molecular complexity index is 303. The van der Waals surface area contributed by atoms with E-state index in [0.29, 0.717) is 19.3 Å². The number of hydrogen-bond donors (Lipinski definition) is 1. The molecule has 0 bridgehead atoms. The summed E-state index contributed by atoms with van der Waals surface area (Å²) in [5, 5.41) is 8.75. The van der Waals surface area contributed by atoms with Crippen molar-refractivity contribution in [2.75, 3.05) is 13.7 Å². The van der Waals surface area contributed by atoms with Crippen LogP contribution in [0.15, 0.2) is 0 Å². The van der Waals surface area contributed by atoms with Crippen LogP contribution in [-0.4, -0.2) is 40.9 Å². The molecule has 0 heterocycles. The van der Waals surface area contributed by atoms with Crippen molar-refractivity contribution in [2.24, 2.45) is 5.41 Å². The number of Topliss-reactive ketones (excluding diaryl/α,β-unsaturated/α-hetero) is 1. The standard InChI is InChI=1S/C14H27NO3/c1-13(2,3)10-12(18)15(6)14(4,5)11(17)8-7-9-16/h16H,7-10H2,1-6H3. The second-order valence-electron chi connectivity index (χ2n) is 6.50. The largest absolute Gasteiger partial charge is 0.396 e. The van der Waals surface area contributed by atoms with Crippen LogP contribution in [0.4, 0.5) is 0 Å². The molecule has 106 valence electrons. The number of rotatable bonds is 6. The van der Waals surface area contributed by atoms with E-state index in [1.807, 2.05) is 20.8 Å². The highest BCUT2D eigenvalue weighted by Gasteiger charge is 2.35. The zero-order valence-electron chi connectivity index (χ0n) is 12.5. The number of nitrogens with zero attached hydrogens (tertiary/aromatic N) is 1. The summed E-state index contributed by atoms with van der Waals surface area (Å²) >= 11 is 0. The van der Waals surface area contributed by atoms with Crippen LogP contribution in [0.2, 0.25) is 0 Å². The molecule has 18 heavy (non-hydrogen) atoms. The number of carbonyl (C=O) groups is 2. The Morgan fingerprint density at radius 2 is 1.61 bits per heavy atom. The van der Waals surface area contributed by atoms with Crippen LogP contribution in [0.3, 0.4) is 0 Å². The number of ketones is 1. The monoisotopic (exact) mass is 257 g/mol. The highest BCUT2D eigenvalue weighted by molar-refractivity contribution is 5.92. The van der Waals surface area contributed by atoms with Gasteiger partial charge in [0.25, 0.3) is 0 Å². The van der Waals surface area contributed by atoms with Crippen LogP contribution in [0.1, 0.15) is 53.9 Å². The van der Waals surface area contributed by atoms with E-state index in [9.17, 15) is 9.59 Å². The molecule has 0 aromatic heterocycles. The van der Waals surface area contributed by atoms with Gasteiger partial charge in [0.05, 0.1) is 5.54 Å². The van der Waals surface area contributed by atoms with Gasteiger partial charge in [-0.2, -0.15) is 0 Å². The van der Waals surface area contributed by atoms with E-state index in [4.69, 9.17) is 5.11 Å². The van der Waals surface area contributed by atoms with E-state index in [-0.39, 0.29) is 23.7 Å². The Kier molecular flexibility index (Phi) is 6.00. The smallest absolute Gasteiger partial charge is 0.223 e. The first-order valence-electron chi connectivity index (χ1n) is 6.43. The third kappa shape index (κ3) is 5.17. The first-order valence-corrected chi connectivity index (χ1v) is 6.43. The average molecular weight is 257 g/mol. The summed E-state index contributed by atoms with van der Waals surface area (Å²) < 4.78 is 0. The zero-order valence-corrected chi connectivity index (χ0v) is 12.5. The number of likely N-dealkylation sites (N-methyl/N-ethyl adjacent to an activating group) is 1. The molecule has 1 amide bonds. The number of aliphatic hydroxyl groups excluding tert-OH is 1. The molecule has 0 saturated carbocycles. The van der Waals surface area contributed by atoms with Crippen molar-refractivity contribution >= 4 is 11.7 Å². The molecule has 0 unspecified atom stereocenters. The lowest BCUT2D eigenvalue weighted by Crippen LogP contribution is -2.51. The van der Waals surface area contributed by atoms with Crippen LogP contribution >= 0.6 is 0 Å². The van der Waals surface area contributed by atoms with Gasteiger partial charge in [-0.05, 0) is 25.7 Å². The van der Waals surface area contributed by atoms with Crippen LogP contribution in [0.25, 0.3) is 0 Å². The molecular formula is C14H27NO3. The molecule has 0 rings (SSSR count). The first kappa shape index (κ1) is 17.1. The zero-order chi connectivity index (χ0) is 14.6. The summed E-state index contributed by atoms with van der Waals surface area (Å²) in [5.74, 6) is -0.0360. The number of aliphatic hydroxyl groups is 1. The summed E-state index contributed by atoms with van der Waals surface area (Å²) in [6, 6.07) is 0. The predicted octanol–water partition coefficient (Wildman–Crippen LogP) is 2.00. The second kappa shape index (κ2) is 6.32. The molecule has 0 aliphatic heterocycles. The van der Waals surface area contributed by atoms with Gasteiger partial charge in [-0.25, -0.2) is 0 Å². The minimum Gasteiger partial charge on any atom is -0.396 e. The Labute approximate surface area is 110 Å². The summed E-state index contributed by atoms with van der Waals surface area (Å²) in [4.78, 5) is 25.7. The molecule has 0 atom stereocenters. The fraction of sp³-hybridized carbons (Fsp3) is 0.857. The van der Waals surface area contributed by atoms with Crippen molar-refractivity contribution in [1.29, 1.82) is 0 Å². The minimum atomic E-state index is -0.808. The van der Waals surface area contributed by atoms with Gasteiger partial charge in [0.1, 0.15) is 0 Å². The second-order valence-corrected chi connectivity index (χ2v) is 6.50. The number of hydrogen-bond acceptors (Lipinski definition) is 3. The minimum absolute atomic E-state index is 0.00146. The van der Waals surface area contributed by atoms with Crippen molar-refractivity contribution < 1.29 is 14.7 Å². The Morgan fingerprint density at radius 1 is 1.11 bits per heavy atom. The normalized spacial score (nSPS) is 12.4. The van der Waals surface area contributed by atoms with Crippen molar-refractivity contribution in [3.63, 3.8) is 0 Å². The van der Waals surface area contributed by atoms with Crippen LogP contribution in [0, 0.1) is 5.41 Å². The van der Waals surface area contributed by atoms with Crippen molar-refractivity contribution in [3.05, 3.63) is 0 Å². The molecule has 4 heteroatoms. The molecule has 0 aromatic carbocycles. The first-order chi connectivity index (χ1) is 8.02. The molecule has 0 aliphatic carbocycles. The van der Waals surface area contributed by atoms with Gasteiger partial charge < -0.3 is 10.0 Å². The molecular weight excluding hydrogens is 230 g/mol. The molecule has 4 nitrogen and oxygen atoms in total. The van der Waals surface area contributed by atoms with Crippen molar-refractivity contribution in [1.82, 2.24) is 4.90 Å². The van der Waals surface area contributed by atoms with E-state index in [1.165, 1.54) is 4.90 Å². The Hall–Kier alpha value is -0.900. The highest BCUT2D eigenvalue weighted by Crippen LogP contribution is 2.24. The summed E-state index contributed by atoms with van der Waals surface area (Å²) in [6.07, 6.45) is 1.17. The lowest BCUT2D eigenvalue weighted by molar-refractivity contribution is -0.144. The summed E-state index contributed by atoms with van der Waals surface area (Å²) in [6.45, 7) is 9.51. The van der Waals surface area contributed by atoms with E-state index < -0.39 is 5.54 Å². The van der Waals surface area contributed by atoms with E-state index in [2.05, 4.69) is 0 Å². The molecule has 0 aromatic rings. The third-order valence-corrected chi connectivity index (χ3v) is 3.14. The average Bonchev–Trinajstić information content (AvgIpc) is 2.22. The lowest BCUT2D eigenvalue weighted by atomic mass is 9.89. The third-order valence-electron chi connectivity index (χ3n) is 3.14. The number of amides is 1. The molecule has 1 N–H and O–H groups in total. The van der Waals surface area contributed by atoms with Gasteiger partial charge in [-0.15, -0.1) is 0 Å². The molecule has 0 radical (unpaired) electrons. The van der Waals surface area contributed by atoms with Crippen molar-refractivity contribution in [3.8, 4) is 0 Å². The van der Waals surface area contributed by atoms with E-state index >= 15 is 0 Å². The van der Waals surface area contributed by atoms with Gasteiger partial charge >= 0.3 is 0 Å². The maximum Gasteiger partial charge on any atom is 0.223 e. The highest BCUT2D eigenvalue weighted by atomic mass is 16.3. The molecule has 0 fully saturated rings. The Morgan fingerprint density at radius 3 is 2.00 bits per heavy atom. The van der Waals surface area contributed by atoms with E-state index in [1.54, 1.807) is 20.9 Å². The SMILES string of the molecule is CN(C(=O)CC(C)(C)C)C(C)(C)C(=O)CCCO. The Balaban J connectivity index is 4.68. The van der Waals surface area contributed by atoms with Gasteiger partial charge in [0.15, 0.2) is 5.78 Å². The van der Waals surface area contributed by atoms with Gasteiger partial charge in [0, 0.05) is 26.5 Å². The van der Waals surface area contributed by atoms with E-state index in [0.717, 1.165) is 0 Å². The predicted molar refractivity (Wildman–Crippen MR) is 72.2 cm³/mol. The molecule has 0 spiro atoms. The summed E-state index contributed by atoms with van der Waals surface area (Å²) in [7, 11) is 1.67. The number of carbonyl (C=O) groups excluding carboxylic acids is 2. The van der Waals surface area contributed by atoms with Crippen LogP contribution in [0.5, 0.6) is 0 Å². The fourth-order valence-corrected chi connectivity index (χ4v) is 1.62. The topological polar surface area (TPSA) is 57.6 Å². The summed E-state index contributed by atoms with van der Waals surface area (Å²) in [5.41, 5.74) is -0.896. The quantitative estimate of drug-likeness (QED) is 0.791. The lowest BCUT2D eigenvalue weighted by Gasteiger charge is -2.36. The molecule has 0 saturated heterocycles. The maximum atomic E-state index is 12.1. The molecule has 0 aliphatic rings. The van der Waals surface area contributed by atoms with Gasteiger partial charge in [-0.1, -0.05) is 20.8 Å². The van der Waals surface area contributed by atoms with Crippen LogP contribution < -0.4 is 0 Å². The van der Waals surface area contributed by atoms with Crippen LogP contribution in [-0.2, 0) is 9.59 Å². The van der Waals surface area contributed by atoms with Crippen molar-refractivity contribution in [2.45, 2.75) is 59.4 Å². The van der Waals surface area contributed by atoms with Gasteiger partial charge in [-0.3, -0.25) is 9.59 Å².